The smallest absolute Gasteiger partial charge is 0.230 e. The van der Waals surface area contributed by atoms with E-state index in [1.54, 1.807) is 4.90 Å². The Morgan fingerprint density at radius 2 is 1.95 bits per heavy atom. The van der Waals surface area contributed by atoms with E-state index < -0.39 is 0 Å². The van der Waals surface area contributed by atoms with Crippen LogP contribution in [0.25, 0.3) is 0 Å². The number of aryl methyl sites for hydroxylation is 1. The topological polar surface area (TPSA) is 59.2 Å². The normalized spacial score (nSPS) is 18.0. The first kappa shape index (κ1) is 16.0. The van der Waals surface area contributed by atoms with Crippen molar-refractivity contribution in [3.8, 4) is 0 Å². The lowest BCUT2D eigenvalue weighted by Gasteiger charge is -2.34. The van der Waals surface area contributed by atoms with E-state index in [2.05, 4.69) is 4.98 Å². The van der Waals surface area contributed by atoms with Gasteiger partial charge in [0.2, 0.25) is 5.91 Å². The van der Waals surface area contributed by atoms with Gasteiger partial charge in [-0.25, -0.2) is 0 Å². The first-order chi connectivity index (χ1) is 10.1. The van der Waals surface area contributed by atoms with Gasteiger partial charge in [-0.05, 0) is 31.9 Å². The van der Waals surface area contributed by atoms with Crippen molar-refractivity contribution in [2.24, 2.45) is 11.1 Å². The molecule has 0 radical (unpaired) electrons. The van der Waals surface area contributed by atoms with E-state index in [-0.39, 0.29) is 11.3 Å². The molecule has 0 atom stereocenters. The zero-order valence-electron chi connectivity index (χ0n) is 13.3. The number of hydrogen-bond donors (Lipinski definition) is 1. The molecule has 1 heterocycles. The van der Waals surface area contributed by atoms with Gasteiger partial charge in [0.15, 0.2) is 0 Å². The van der Waals surface area contributed by atoms with Crippen molar-refractivity contribution in [1.29, 1.82) is 0 Å². The Morgan fingerprint density at radius 1 is 1.29 bits per heavy atom. The Hall–Kier alpha value is -1.42. The molecule has 1 fully saturated rings. The van der Waals surface area contributed by atoms with Gasteiger partial charge < -0.3 is 10.6 Å². The quantitative estimate of drug-likeness (QED) is 0.867. The van der Waals surface area contributed by atoms with Gasteiger partial charge in [0.05, 0.1) is 17.7 Å². The number of carbonyl (C=O) groups is 1. The SMILES string of the molecule is Cc1cccc(CN(C)C(=O)C2(CN)CCCCCC2)n1. The number of pyridine rings is 1. The summed E-state index contributed by atoms with van der Waals surface area (Å²) in [5.74, 6) is 0.190. The molecule has 0 unspecified atom stereocenters. The monoisotopic (exact) mass is 289 g/mol. The number of rotatable bonds is 4. The molecule has 1 aliphatic rings. The molecule has 4 nitrogen and oxygen atoms in total. The molecular weight excluding hydrogens is 262 g/mol. The lowest BCUT2D eigenvalue weighted by Crippen LogP contribution is -2.46. The Balaban J connectivity index is 2.09. The van der Waals surface area contributed by atoms with Gasteiger partial charge in [-0.15, -0.1) is 0 Å². The van der Waals surface area contributed by atoms with Crippen LogP contribution in [0.4, 0.5) is 0 Å². The van der Waals surface area contributed by atoms with Crippen LogP contribution in [0, 0.1) is 12.3 Å². The van der Waals surface area contributed by atoms with E-state index in [1.807, 2.05) is 32.2 Å². The molecule has 21 heavy (non-hydrogen) atoms. The van der Waals surface area contributed by atoms with E-state index >= 15 is 0 Å². The molecule has 1 amide bonds. The largest absolute Gasteiger partial charge is 0.339 e. The number of nitrogens with two attached hydrogens (primary N) is 1. The number of nitrogens with zero attached hydrogens (tertiary/aromatic N) is 2. The second-order valence-electron chi connectivity index (χ2n) is 6.33. The minimum absolute atomic E-state index is 0.190. The number of aromatic nitrogens is 1. The van der Waals surface area contributed by atoms with Gasteiger partial charge in [0, 0.05) is 19.3 Å². The van der Waals surface area contributed by atoms with Crippen molar-refractivity contribution < 1.29 is 4.79 Å². The average molecular weight is 289 g/mol. The first-order valence-corrected chi connectivity index (χ1v) is 7.95. The summed E-state index contributed by atoms with van der Waals surface area (Å²) in [6.45, 7) is 2.98. The molecule has 0 aromatic carbocycles. The predicted octanol–water partition coefficient (Wildman–Crippen LogP) is 2.65. The van der Waals surface area contributed by atoms with Crippen LogP contribution in [0.2, 0.25) is 0 Å². The van der Waals surface area contributed by atoms with Crippen LogP contribution in [-0.2, 0) is 11.3 Å². The van der Waals surface area contributed by atoms with Gasteiger partial charge >= 0.3 is 0 Å². The van der Waals surface area contributed by atoms with Crippen molar-refractivity contribution in [3.63, 3.8) is 0 Å². The van der Waals surface area contributed by atoms with Crippen molar-refractivity contribution in [3.05, 3.63) is 29.6 Å². The molecule has 0 saturated heterocycles. The highest BCUT2D eigenvalue weighted by Crippen LogP contribution is 2.36. The summed E-state index contributed by atoms with van der Waals surface area (Å²) in [4.78, 5) is 19.2. The van der Waals surface area contributed by atoms with Gasteiger partial charge in [-0.1, -0.05) is 31.7 Å². The van der Waals surface area contributed by atoms with Gasteiger partial charge in [-0.2, -0.15) is 0 Å². The fourth-order valence-corrected chi connectivity index (χ4v) is 3.32. The van der Waals surface area contributed by atoms with E-state index in [0.717, 1.165) is 37.1 Å². The maximum absolute atomic E-state index is 12.9. The Kier molecular flexibility index (Phi) is 5.34. The third-order valence-corrected chi connectivity index (χ3v) is 4.60. The highest BCUT2D eigenvalue weighted by atomic mass is 16.2. The fraction of sp³-hybridized carbons (Fsp3) is 0.647. The zero-order chi connectivity index (χ0) is 15.3. The molecule has 0 bridgehead atoms. The van der Waals surface area contributed by atoms with Crippen molar-refractivity contribution in [1.82, 2.24) is 9.88 Å². The Labute approximate surface area is 127 Å². The summed E-state index contributed by atoms with van der Waals surface area (Å²) in [6, 6.07) is 5.93. The van der Waals surface area contributed by atoms with Crippen LogP contribution in [0.3, 0.4) is 0 Å². The van der Waals surface area contributed by atoms with Crippen LogP contribution in [0.1, 0.15) is 49.9 Å². The molecule has 1 aromatic rings. The summed E-state index contributed by atoms with van der Waals surface area (Å²) in [6.07, 6.45) is 6.51. The second kappa shape index (κ2) is 7.03. The standard InChI is InChI=1S/C17H27N3O/c1-14-8-7-9-15(19-14)12-20(2)16(21)17(13-18)10-5-3-4-6-11-17/h7-9H,3-6,10-13,18H2,1-2H3. The number of hydrogen-bond acceptors (Lipinski definition) is 3. The molecule has 1 aliphatic carbocycles. The van der Waals surface area contributed by atoms with Crippen LogP contribution >= 0.6 is 0 Å². The summed E-state index contributed by atoms with van der Waals surface area (Å²) in [7, 11) is 1.87. The van der Waals surface area contributed by atoms with Crippen LogP contribution in [0.5, 0.6) is 0 Å². The molecule has 0 aliphatic heterocycles. The van der Waals surface area contributed by atoms with Gasteiger partial charge in [0.1, 0.15) is 0 Å². The average Bonchev–Trinajstić information content (AvgIpc) is 2.72. The maximum atomic E-state index is 12.9. The molecule has 116 valence electrons. The van der Waals surface area contributed by atoms with E-state index in [9.17, 15) is 4.79 Å². The molecule has 2 rings (SSSR count). The van der Waals surface area contributed by atoms with Crippen molar-refractivity contribution in [2.45, 2.75) is 52.0 Å². The number of amides is 1. The molecule has 4 heteroatoms. The predicted molar refractivity (Wildman–Crippen MR) is 84.6 cm³/mol. The van der Waals surface area contributed by atoms with Crippen molar-refractivity contribution >= 4 is 5.91 Å². The number of carbonyl (C=O) groups excluding carboxylic acids is 1. The van der Waals surface area contributed by atoms with E-state index in [0.29, 0.717) is 13.1 Å². The molecule has 0 spiro atoms. The van der Waals surface area contributed by atoms with Gasteiger partial charge in [-0.3, -0.25) is 9.78 Å². The minimum Gasteiger partial charge on any atom is -0.339 e. The first-order valence-electron chi connectivity index (χ1n) is 7.95. The molecular formula is C17H27N3O. The molecule has 1 aromatic heterocycles. The summed E-state index contributed by atoms with van der Waals surface area (Å²) in [5.41, 5.74) is 7.57. The van der Waals surface area contributed by atoms with Crippen LogP contribution < -0.4 is 5.73 Å². The van der Waals surface area contributed by atoms with Crippen LogP contribution in [0.15, 0.2) is 18.2 Å². The third kappa shape index (κ3) is 3.82. The molecule has 2 N–H and O–H groups in total. The lowest BCUT2D eigenvalue weighted by atomic mass is 9.79. The highest BCUT2D eigenvalue weighted by Gasteiger charge is 2.39. The highest BCUT2D eigenvalue weighted by molar-refractivity contribution is 5.82. The Bertz CT molecular complexity index is 479. The van der Waals surface area contributed by atoms with Crippen LogP contribution in [-0.4, -0.2) is 29.4 Å². The summed E-state index contributed by atoms with van der Waals surface area (Å²) < 4.78 is 0. The second-order valence-corrected chi connectivity index (χ2v) is 6.33. The molecule has 1 saturated carbocycles. The minimum atomic E-state index is -0.352. The summed E-state index contributed by atoms with van der Waals surface area (Å²) in [5, 5.41) is 0. The Morgan fingerprint density at radius 3 is 2.52 bits per heavy atom. The fourth-order valence-electron chi connectivity index (χ4n) is 3.32. The summed E-state index contributed by atoms with van der Waals surface area (Å²) >= 11 is 0. The maximum Gasteiger partial charge on any atom is 0.230 e. The van der Waals surface area contributed by atoms with E-state index in [1.165, 1.54) is 12.8 Å². The van der Waals surface area contributed by atoms with E-state index in [4.69, 9.17) is 5.73 Å². The zero-order valence-corrected chi connectivity index (χ0v) is 13.3. The lowest BCUT2D eigenvalue weighted by molar-refractivity contribution is -0.141. The van der Waals surface area contributed by atoms with Crippen molar-refractivity contribution in [2.75, 3.05) is 13.6 Å². The van der Waals surface area contributed by atoms with Gasteiger partial charge in [0.25, 0.3) is 0 Å². The third-order valence-electron chi connectivity index (χ3n) is 4.60.